The van der Waals surface area contributed by atoms with Gasteiger partial charge in [0.2, 0.25) is 0 Å². The number of rotatable bonds is 4. The van der Waals surface area contributed by atoms with Gasteiger partial charge >= 0.3 is 12.1 Å². The highest BCUT2D eigenvalue weighted by molar-refractivity contribution is 5.89. The smallest absolute Gasteiger partial charge is 0.410 e. The predicted molar refractivity (Wildman–Crippen MR) is 116 cm³/mol. The molecule has 1 heterocycles. The second-order valence-electron chi connectivity index (χ2n) is 9.52. The summed E-state index contributed by atoms with van der Waals surface area (Å²) in [5, 5.41) is 5.76. The maximum atomic E-state index is 12.1. The molecule has 0 aromatic heterocycles. The Morgan fingerprint density at radius 1 is 0.966 bits per heavy atom. The van der Waals surface area contributed by atoms with Crippen LogP contribution in [0.1, 0.15) is 47.1 Å². The molecule has 0 unspecified atom stereocenters. The normalized spacial score (nSPS) is 15.7. The minimum Gasteiger partial charge on any atom is -0.444 e. The van der Waals surface area contributed by atoms with E-state index < -0.39 is 5.60 Å². The van der Waals surface area contributed by atoms with E-state index in [2.05, 4.69) is 36.3 Å². The van der Waals surface area contributed by atoms with Crippen LogP contribution in [0, 0.1) is 0 Å². The van der Waals surface area contributed by atoms with E-state index in [0.717, 1.165) is 25.3 Å². The van der Waals surface area contributed by atoms with Crippen LogP contribution in [0.25, 0.3) is 0 Å². The van der Waals surface area contributed by atoms with Crippen LogP contribution in [-0.2, 0) is 10.2 Å². The number of amides is 3. The van der Waals surface area contributed by atoms with Crippen molar-refractivity contribution >= 4 is 17.8 Å². The van der Waals surface area contributed by atoms with Crippen molar-refractivity contribution in [2.75, 3.05) is 44.6 Å². The third kappa shape index (κ3) is 7.93. The minimum absolute atomic E-state index is 0.0916. The van der Waals surface area contributed by atoms with E-state index in [1.165, 1.54) is 5.56 Å². The van der Waals surface area contributed by atoms with Gasteiger partial charge < -0.3 is 20.3 Å². The molecule has 3 amide bonds. The van der Waals surface area contributed by atoms with Crippen LogP contribution in [0.5, 0.6) is 0 Å². The van der Waals surface area contributed by atoms with Gasteiger partial charge in [-0.1, -0.05) is 32.9 Å². The summed E-state index contributed by atoms with van der Waals surface area (Å²) in [5.74, 6) is 0. The number of piperazine rings is 1. The van der Waals surface area contributed by atoms with E-state index in [4.69, 9.17) is 4.74 Å². The fraction of sp³-hybridized carbons (Fsp3) is 0.636. The van der Waals surface area contributed by atoms with Gasteiger partial charge in [0.1, 0.15) is 5.60 Å². The highest BCUT2D eigenvalue weighted by Crippen LogP contribution is 2.23. The molecule has 0 atom stereocenters. The molecule has 0 aliphatic carbocycles. The van der Waals surface area contributed by atoms with Crippen molar-refractivity contribution in [1.82, 2.24) is 15.1 Å². The van der Waals surface area contributed by atoms with Gasteiger partial charge in [-0.3, -0.25) is 4.90 Å². The number of carbonyl (C=O) groups is 2. The summed E-state index contributed by atoms with van der Waals surface area (Å²) in [4.78, 5) is 28.2. The van der Waals surface area contributed by atoms with Gasteiger partial charge in [-0.05, 0) is 43.9 Å². The van der Waals surface area contributed by atoms with E-state index in [9.17, 15) is 9.59 Å². The number of benzene rings is 1. The zero-order chi connectivity index (χ0) is 21.7. The second kappa shape index (κ2) is 9.48. The summed E-state index contributed by atoms with van der Waals surface area (Å²) in [6, 6.07) is 7.73. The van der Waals surface area contributed by atoms with Crippen molar-refractivity contribution in [1.29, 1.82) is 0 Å². The lowest BCUT2D eigenvalue weighted by Gasteiger charge is -2.35. The van der Waals surface area contributed by atoms with Gasteiger partial charge in [0.05, 0.1) is 0 Å². The lowest BCUT2D eigenvalue weighted by Crippen LogP contribution is -2.51. The maximum absolute atomic E-state index is 12.1. The van der Waals surface area contributed by atoms with Gasteiger partial charge in [0.15, 0.2) is 0 Å². The van der Waals surface area contributed by atoms with Crippen LogP contribution in [0.15, 0.2) is 24.3 Å². The first-order valence-electron chi connectivity index (χ1n) is 10.3. The molecule has 1 fully saturated rings. The molecule has 1 aromatic rings. The van der Waals surface area contributed by atoms with E-state index in [0.29, 0.717) is 19.6 Å². The monoisotopic (exact) mass is 404 g/mol. The van der Waals surface area contributed by atoms with E-state index >= 15 is 0 Å². The molecule has 7 nitrogen and oxygen atoms in total. The standard InChI is InChI=1S/C22H36N4O3/c1-21(2,3)17-7-9-18(10-8-17)24-19(27)23-11-12-25-13-15-26(16-14-25)20(28)29-22(4,5)6/h7-10H,11-16H2,1-6H3,(H2,23,24,27). The number of hydrogen-bond donors (Lipinski definition) is 2. The van der Waals surface area contributed by atoms with Gasteiger partial charge in [-0.25, -0.2) is 9.59 Å². The average molecular weight is 405 g/mol. The quantitative estimate of drug-likeness (QED) is 0.803. The van der Waals surface area contributed by atoms with Gasteiger partial charge in [-0.15, -0.1) is 0 Å². The van der Waals surface area contributed by atoms with Crippen LogP contribution < -0.4 is 10.6 Å². The summed E-state index contributed by atoms with van der Waals surface area (Å²) in [7, 11) is 0. The highest BCUT2D eigenvalue weighted by Gasteiger charge is 2.25. The number of urea groups is 1. The van der Waals surface area contributed by atoms with Crippen molar-refractivity contribution in [2.45, 2.75) is 52.6 Å². The fourth-order valence-electron chi connectivity index (χ4n) is 3.04. The van der Waals surface area contributed by atoms with Crippen LogP contribution in [0.2, 0.25) is 0 Å². The summed E-state index contributed by atoms with van der Waals surface area (Å²) in [6.07, 6.45) is -0.257. The average Bonchev–Trinajstić information content (AvgIpc) is 2.60. The van der Waals surface area contributed by atoms with E-state index in [1.807, 2.05) is 45.0 Å². The van der Waals surface area contributed by atoms with E-state index in [1.54, 1.807) is 4.90 Å². The van der Waals surface area contributed by atoms with Gasteiger partial charge in [0, 0.05) is 45.0 Å². The van der Waals surface area contributed by atoms with Gasteiger partial charge in [-0.2, -0.15) is 0 Å². The number of carbonyl (C=O) groups excluding carboxylic acids is 2. The molecule has 0 bridgehead atoms. The van der Waals surface area contributed by atoms with E-state index in [-0.39, 0.29) is 17.5 Å². The van der Waals surface area contributed by atoms with Crippen LogP contribution in [0.4, 0.5) is 15.3 Å². The first-order valence-corrected chi connectivity index (χ1v) is 10.3. The maximum Gasteiger partial charge on any atom is 0.410 e. The first-order chi connectivity index (χ1) is 13.4. The first kappa shape index (κ1) is 23.0. The Bertz CT molecular complexity index is 681. The molecular formula is C22H36N4O3. The number of nitrogens with zero attached hydrogens (tertiary/aromatic N) is 2. The van der Waals surface area contributed by atoms with Crippen LogP contribution in [0.3, 0.4) is 0 Å². The van der Waals surface area contributed by atoms with Crippen molar-refractivity contribution in [2.24, 2.45) is 0 Å². The third-order valence-corrected chi connectivity index (χ3v) is 4.75. The molecule has 0 spiro atoms. The second-order valence-corrected chi connectivity index (χ2v) is 9.52. The van der Waals surface area contributed by atoms with Crippen LogP contribution in [-0.4, -0.2) is 66.8 Å². The topological polar surface area (TPSA) is 73.9 Å². The zero-order valence-corrected chi connectivity index (χ0v) is 18.7. The molecule has 2 rings (SSSR count). The summed E-state index contributed by atoms with van der Waals surface area (Å²) in [5.41, 5.74) is 1.63. The molecule has 1 aliphatic heterocycles. The third-order valence-electron chi connectivity index (χ3n) is 4.75. The summed E-state index contributed by atoms with van der Waals surface area (Å²) >= 11 is 0. The predicted octanol–water partition coefficient (Wildman–Crippen LogP) is 3.66. The largest absolute Gasteiger partial charge is 0.444 e. The Hall–Kier alpha value is -2.28. The van der Waals surface area contributed by atoms with Crippen molar-refractivity contribution in [3.63, 3.8) is 0 Å². The molecule has 0 radical (unpaired) electrons. The number of anilines is 1. The Kier molecular flexibility index (Phi) is 7.52. The van der Waals surface area contributed by atoms with Crippen molar-refractivity contribution in [3.8, 4) is 0 Å². The zero-order valence-electron chi connectivity index (χ0n) is 18.7. The molecule has 29 heavy (non-hydrogen) atoms. The number of ether oxygens (including phenoxy) is 1. The lowest BCUT2D eigenvalue weighted by atomic mass is 9.87. The Morgan fingerprint density at radius 2 is 1.55 bits per heavy atom. The van der Waals surface area contributed by atoms with Crippen molar-refractivity contribution in [3.05, 3.63) is 29.8 Å². The fourth-order valence-corrected chi connectivity index (χ4v) is 3.04. The van der Waals surface area contributed by atoms with Crippen LogP contribution >= 0.6 is 0 Å². The molecule has 1 aromatic carbocycles. The Morgan fingerprint density at radius 3 is 2.07 bits per heavy atom. The number of hydrogen-bond acceptors (Lipinski definition) is 4. The summed E-state index contributed by atoms with van der Waals surface area (Å²) in [6.45, 7) is 16.2. The summed E-state index contributed by atoms with van der Waals surface area (Å²) < 4.78 is 5.41. The molecule has 1 aliphatic rings. The molecule has 162 valence electrons. The molecular weight excluding hydrogens is 368 g/mol. The van der Waals surface area contributed by atoms with Crippen molar-refractivity contribution < 1.29 is 14.3 Å². The molecule has 2 N–H and O–H groups in total. The SMILES string of the molecule is CC(C)(C)OC(=O)N1CCN(CCNC(=O)Nc2ccc(C(C)(C)C)cc2)CC1. The molecule has 1 saturated heterocycles. The highest BCUT2D eigenvalue weighted by atomic mass is 16.6. The van der Waals surface area contributed by atoms with Gasteiger partial charge in [0.25, 0.3) is 0 Å². The number of nitrogens with one attached hydrogen (secondary N) is 2. The molecule has 7 heteroatoms. The Labute approximate surface area is 174 Å². The Balaban J connectivity index is 1.66. The minimum atomic E-state index is -0.474. The lowest BCUT2D eigenvalue weighted by molar-refractivity contribution is 0.0147. The molecule has 0 saturated carbocycles.